The molecule has 0 aliphatic carbocycles. The van der Waals surface area contributed by atoms with Gasteiger partial charge in [-0.3, -0.25) is 14.3 Å². The minimum Gasteiger partial charge on any atom is -0.339 e. The molecule has 1 saturated heterocycles. The molecule has 0 unspecified atom stereocenters. The Morgan fingerprint density at radius 1 is 0.968 bits per heavy atom. The Labute approximate surface area is 188 Å². The molecule has 2 heterocycles. The first-order chi connectivity index (χ1) is 15.0. The first-order valence-corrected chi connectivity index (χ1v) is 11.7. The van der Waals surface area contributed by atoms with Gasteiger partial charge < -0.3 is 4.90 Å². The van der Waals surface area contributed by atoms with Gasteiger partial charge in [-0.05, 0) is 43.5 Å². The fourth-order valence-corrected chi connectivity index (χ4v) is 4.78. The zero-order valence-electron chi connectivity index (χ0n) is 18.4. The van der Waals surface area contributed by atoms with Crippen molar-refractivity contribution in [3.8, 4) is 5.69 Å². The summed E-state index contributed by atoms with van der Waals surface area (Å²) in [6, 6.07) is 16.9. The molecular formula is C24H29N5OS. The number of carbonyl (C=O) groups excluding carboxylic acids is 1. The summed E-state index contributed by atoms with van der Waals surface area (Å²) >= 11 is 1.47. The molecule has 6 nitrogen and oxygen atoms in total. The van der Waals surface area contributed by atoms with Gasteiger partial charge in [-0.1, -0.05) is 54.2 Å². The molecule has 1 aliphatic heterocycles. The highest BCUT2D eigenvalue weighted by Crippen LogP contribution is 2.25. The minimum absolute atomic E-state index is 0.164. The number of thioether (sulfide) groups is 1. The van der Waals surface area contributed by atoms with Gasteiger partial charge >= 0.3 is 0 Å². The quantitative estimate of drug-likeness (QED) is 0.554. The highest BCUT2D eigenvalue weighted by atomic mass is 32.2. The van der Waals surface area contributed by atoms with Crippen LogP contribution in [0.3, 0.4) is 0 Å². The number of aryl methyl sites for hydroxylation is 3. The smallest absolute Gasteiger partial charge is 0.233 e. The Kier molecular flexibility index (Phi) is 6.73. The summed E-state index contributed by atoms with van der Waals surface area (Å²) in [5, 5.41) is 9.37. The van der Waals surface area contributed by atoms with E-state index in [-0.39, 0.29) is 5.91 Å². The molecule has 0 atom stereocenters. The van der Waals surface area contributed by atoms with Gasteiger partial charge in [-0.25, -0.2) is 0 Å². The predicted molar refractivity (Wildman–Crippen MR) is 125 cm³/mol. The average molecular weight is 436 g/mol. The van der Waals surface area contributed by atoms with Gasteiger partial charge in [-0.2, -0.15) is 0 Å². The van der Waals surface area contributed by atoms with E-state index in [9.17, 15) is 4.79 Å². The normalized spacial score (nSPS) is 14.7. The van der Waals surface area contributed by atoms with E-state index in [4.69, 9.17) is 0 Å². The van der Waals surface area contributed by atoms with Crippen LogP contribution in [0.2, 0.25) is 0 Å². The number of carbonyl (C=O) groups is 1. The van der Waals surface area contributed by atoms with E-state index in [0.29, 0.717) is 5.75 Å². The standard InChI is InChI=1S/C24H29N5OS/c1-18-9-10-19(2)22(15-18)29-20(3)25-26-24(29)31-17-23(30)28-13-11-27(12-14-28)16-21-7-5-4-6-8-21/h4-10,15H,11-14,16-17H2,1-3H3. The lowest BCUT2D eigenvalue weighted by Gasteiger charge is -2.34. The van der Waals surface area contributed by atoms with Crippen molar-refractivity contribution < 1.29 is 4.79 Å². The largest absolute Gasteiger partial charge is 0.339 e. The zero-order valence-corrected chi connectivity index (χ0v) is 19.2. The molecule has 0 saturated carbocycles. The highest BCUT2D eigenvalue weighted by molar-refractivity contribution is 7.99. The van der Waals surface area contributed by atoms with Crippen LogP contribution in [0.1, 0.15) is 22.5 Å². The van der Waals surface area contributed by atoms with Gasteiger partial charge in [0.25, 0.3) is 0 Å². The Balaban J connectivity index is 1.34. The maximum Gasteiger partial charge on any atom is 0.233 e. The number of hydrogen-bond donors (Lipinski definition) is 0. The van der Waals surface area contributed by atoms with Crippen molar-refractivity contribution in [1.29, 1.82) is 0 Å². The van der Waals surface area contributed by atoms with E-state index >= 15 is 0 Å². The van der Waals surface area contributed by atoms with Crippen molar-refractivity contribution in [2.45, 2.75) is 32.5 Å². The first kappa shape index (κ1) is 21.6. The molecule has 2 aromatic carbocycles. The fraction of sp³-hybridized carbons (Fsp3) is 0.375. The topological polar surface area (TPSA) is 54.3 Å². The van der Waals surface area contributed by atoms with Crippen LogP contribution >= 0.6 is 11.8 Å². The summed E-state index contributed by atoms with van der Waals surface area (Å²) in [6.45, 7) is 10.4. The molecule has 0 N–H and O–H groups in total. The summed E-state index contributed by atoms with van der Waals surface area (Å²) in [6.07, 6.45) is 0. The third-order valence-electron chi connectivity index (χ3n) is 5.70. The molecule has 7 heteroatoms. The summed E-state index contributed by atoms with van der Waals surface area (Å²) in [7, 11) is 0. The van der Waals surface area contributed by atoms with Crippen LogP contribution in [0.5, 0.6) is 0 Å². The molecule has 1 fully saturated rings. The monoisotopic (exact) mass is 435 g/mol. The van der Waals surface area contributed by atoms with Crippen LogP contribution in [-0.2, 0) is 11.3 Å². The molecule has 0 bridgehead atoms. The third kappa shape index (κ3) is 5.17. The van der Waals surface area contributed by atoms with Crippen LogP contribution in [-0.4, -0.2) is 62.4 Å². The van der Waals surface area contributed by atoms with Crippen molar-refractivity contribution >= 4 is 17.7 Å². The summed E-state index contributed by atoms with van der Waals surface area (Å²) in [4.78, 5) is 17.2. The number of amides is 1. The molecule has 162 valence electrons. The second-order valence-electron chi connectivity index (χ2n) is 8.09. The van der Waals surface area contributed by atoms with E-state index in [1.165, 1.54) is 22.9 Å². The SMILES string of the molecule is Cc1ccc(C)c(-n2c(C)nnc2SCC(=O)N2CCN(Cc3ccccc3)CC2)c1. The lowest BCUT2D eigenvalue weighted by atomic mass is 10.1. The minimum atomic E-state index is 0.164. The van der Waals surface area contributed by atoms with Crippen LogP contribution in [0.4, 0.5) is 0 Å². The summed E-state index contributed by atoms with van der Waals surface area (Å²) in [5.74, 6) is 1.37. The van der Waals surface area contributed by atoms with Crippen LogP contribution < -0.4 is 0 Å². The van der Waals surface area contributed by atoms with Crippen molar-refractivity contribution in [1.82, 2.24) is 24.6 Å². The number of rotatable bonds is 6. The Hall–Kier alpha value is -2.64. The molecule has 1 aromatic heterocycles. The molecule has 31 heavy (non-hydrogen) atoms. The van der Waals surface area contributed by atoms with Gasteiger partial charge in [-0.15, -0.1) is 10.2 Å². The van der Waals surface area contributed by atoms with E-state index in [0.717, 1.165) is 55.0 Å². The lowest BCUT2D eigenvalue weighted by molar-refractivity contribution is -0.130. The fourth-order valence-electron chi connectivity index (χ4n) is 3.89. The molecule has 1 amide bonds. The summed E-state index contributed by atoms with van der Waals surface area (Å²) < 4.78 is 2.05. The molecule has 3 aromatic rings. The lowest BCUT2D eigenvalue weighted by Crippen LogP contribution is -2.48. The van der Waals surface area contributed by atoms with Crippen LogP contribution in [0, 0.1) is 20.8 Å². The molecular weight excluding hydrogens is 406 g/mol. The number of nitrogens with zero attached hydrogens (tertiary/aromatic N) is 5. The number of aromatic nitrogens is 3. The van der Waals surface area contributed by atoms with E-state index < -0.39 is 0 Å². The van der Waals surface area contributed by atoms with Crippen molar-refractivity contribution in [2.75, 3.05) is 31.9 Å². The van der Waals surface area contributed by atoms with Crippen molar-refractivity contribution in [3.63, 3.8) is 0 Å². The Bertz CT molecular complexity index is 1040. The predicted octanol–water partition coefficient (Wildman–Crippen LogP) is 3.63. The van der Waals surface area contributed by atoms with E-state index in [2.05, 4.69) is 76.0 Å². The molecule has 0 spiro atoms. The second-order valence-corrected chi connectivity index (χ2v) is 9.03. The van der Waals surface area contributed by atoms with Gasteiger partial charge in [0, 0.05) is 32.7 Å². The second kappa shape index (κ2) is 9.66. The maximum absolute atomic E-state index is 12.8. The van der Waals surface area contributed by atoms with Crippen LogP contribution in [0.25, 0.3) is 5.69 Å². The van der Waals surface area contributed by atoms with Crippen molar-refractivity contribution in [2.24, 2.45) is 0 Å². The van der Waals surface area contributed by atoms with Gasteiger partial charge in [0.2, 0.25) is 5.91 Å². The number of hydrogen-bond acceptors (Lipinski definition) is 5. The summed E-state index contributed by atoms with van der Waals surface area (Å²) in [5.41, 5.74) is 4.75. The van der Waals surface area contributed by atoms with Gasteiger partial charge in [0.05, 0.1) is 11.4 Å². The van der Waals surface area contributed by atoms with Gasteiger partial charge in [0.15, 0.2) is 5.16 Å². The molecule has 0 radical (unpaired) electrons. The number of piperazine rings is 1. The highest BCUT2D eigenvalue weighted by Gasteiger charge is 2.22. The zero-order chi connectivity index (χ0) is 21.8. The third-order valence-corrected chi connectivity index (χ3v) is 6.61. The Morgan fingerprint density at radius 3 is 2.45 bits per heavy atom. The van der Waals surface area contributed by atoms with Crippen molar-refractivity contribution in [3.05, 3.63) is 71.0 Å². The average Bonchev–Trinajstić information content (AvgIpc) is 3.15. The number of benzene rings is 2. The Morgan fingerprint density at radius 2 is 1.71 bits per heavy atom. The van der Waals surface area contributed by atoms with E-state index in [1.54, 1.807) is 0 Å². The molecule has 1 aliphatic rings. The molecule has 4 rings (SSSR count). The van der Waals surface area contributed by atoms with E-state index in [1.807, 2.05) is 17.9 Å². The maximum atomic E-state index is 12.8. The first-order valence-electron chi connectivity index (χ1n) is 10.7. The van der Waals surface area contributed by atoms with Gasteiger partial charge in [0.1, 0.15) is 5.82 Å². The van der Waals surface area contributed by atoms with Crippen LogP contribution in [0.15, 0.2) is 53.7 Å².